The van der Waals surface area contributed by atoms with Crippen molar-refractivity contribution in [3.63, 3.8) is 0 Å². The van der Waals surface area contributed by atoms with Crippen LogP contribution in [0.1, 0.15) is 22.0 Å². The molecule has 0 aliphatic carbocycles. The van der Waals surface area contributed by atoms with E-state index in [1.807, 2.05) is 0 Å². The Balaban J connectivity index is 0.00000225. The molecule has 0 saturated heterocycles. The first kappa shape index (κ1) is 15.0. The number of carboxylic acids is 1. The van der Waals surface area contributed by atoms with Crippen molar-refractivity contribution >= 4 is 34.3 Å². The molecule has 1 rings (SSSR count). The number of hydrogen-bond acceptors (Lipinski definition) is 3. The summed E-state index contributed by atoms with van der Waals surface area (Å²) < 4.78 is 0.403. The fraction of sp³-hybridized carbons (Fsp3) is 0.100. The van der Waals surface area contributed by atoms with Crippen molar-refractivity contribution in [1.29, 1.82) is 0 Å². The van der Waals surface area contributed by atoms with E-state index in [2.05, 4.69) is 22.5 Å². The Labute approximate surface area is 107 Å². The van der Waals surface area contributed by atoms with Gasteiger partial charge in [0.1, 0.15) is 5.75 Å². The van der Waals surface area contributed by atoms with Crippen molar-refractivity contribution in [2.24, 2.45) is 5.73 Å². The smallest absolute Gasteiger partial charge is 0.336 e. The number of carbonyl (C=O) groups is 1. The van der Waals surface area contributed by atoms with Crippen molar-refractivity contribution in [2.45, 2.75) is 6.04 Å². The van der Waals surface area contributed by atoms with Gasteiger partial charge < -0.3 is 15.9 Å². The molecule has 0 aliphatic heterocycles. The molecule has 4 N–H and O–H groups in total. The van der Waals surface area contributed by atoms with Crippen molar-refractivity contribution in [2.75, 3.05) is 0 Å². The first-order chi connectivity index (χ1) is 6.99. The molecular weight excluding hydrogens is 297 g/mol. The Morgan fingerprint density at radius 1 is 1.56 bits per heavy atom. The number of halogens is 2. The topological polar surface area (TPSA) is 83.6 Å². The Morgan fingerprint density at radius 2 is 2.12 bits per heavy atom. The predicted molar refractivity (Wildman–Crippen MR) is 67.1 cm³/mol. The number of hydrogen-bond donors (Lipinski definition) is 3. The first-order valence-corrected chi connectivity index (χ1v) is 4.91. The van der Waals surface area contributed by atoms with Crippen LogP contribution >= 0.6 is 28.3 Å². The number of phenolic OH excluding ortho intramolecular Hbond substituents is 1. The van der Waals surface area contributed by atoms with Crippen LogP contribution in [0.3, 0.4) is 0 Å². The van der Waals surface area contributed by atoms with Crippen LogP contribution in [-0.2, 0) is 0 Å². The van der Waals surface area contributed by atoms with Gasteiger partial charge in [-0.3, -0.25) is 0 Å². The van der Waals surface area contributed by atoms with E-state index in [1.165, 1.54) is 18.2 Å². The largest absolute Gasteiger partial charge is 0.506 e. The Hall–Kier alpha value is -1.04. The van der Waals surface area contributed by atoms with Crippen LogP contribution in [-0.4, -0.2) is 16.2 Å². The van der Waals surface area contributed by atoms with Crippen LogP contribution in [0.15, 0.2) is 29.3 Å². The summed E-state index contributed by atoms with van der Waals surface area (Å²) in [5.74, 6) is -1.30. The third-order valence-electron chi connectivity index (χ3n) is 1.99. The summed E-state index contributed by atoms with van der Waals surface area (Å²) >= 11 is 3.09. The lowest BCUT2D eigenvalue weighted by Crippen LogP contribution is -2.13. The van der Waals surface area contributed by atoms with Crippen LogP contribution in [0, 0.1) is 0 Å². The van der Waals surface area contributed by atoms with E-state index >= 15 is 0 Å². The Bertz CT molecular complexity index is 423. The lowest BCUT2D eigenvalue weighted by atomic mass is 10.00. The summed E-state index contributed by atoms with van der Waals surface area (Å²) in [6.07, 6.45) is 1.37. The fourth-order valence-corrected chi connectivity index (χ4v) is 1.57. The van der Waals surface area contributed by atoms with Gasteiger partial charge in [0.05, 0.1) is 16.1 Å². The average molecular weight is 309 g/mol. The molecule has 4 nitrogen and oxygen atoms in total. The molecule has 0 radical (unpaired) electrons. The SMILES string of the molecule is C=C[C@@H](N)c1c(C(=O)O)ccc(Br)c1O.Cl. The summed E-state index contributed by atoms with van der Waals surface area (Å²) in [4.78, 5) is 10.9. The van der Waals surface area contributed by atoms with Crippen molar-refractivity contribution in [3.05, 3.63) is 40.4 Å². The number of carboxylic acid groups (broad SMARTS) is 1. The molecular formula is C10H11BrClNO3. The number of aromatic hydroxyl groups is 1. The number of aromatic carboxylic acids is 1. The van der Waals surface area contributed by atoms with E-state index in [9.17, 15) is 9.90 Å². The maximum Gasteiger partial charge on any atom is 0.336 e. The van der Waals surface area contributed by atoms with Gasteiger partial charge in [0.25, 0.3) is 0 Å². The fourth-order valence-electron chi connectivity index (χ4n) is 1.22. The molecule has 1 aromatic carbocycles. The quantitative estimate of drug-likeness (QED) is 0.749. The number of phenols is 1. The third kappa shape index (κ3) is 2.75. The highest BCUT2D eigenvalue weighted by Gasteiger charge is 2.19. The van der Waals surface area contributed by atoms with E-state index in [-0.39, 0.29) is 29.3 Å². The summed E-state index contributed by atoms with van der Waals surface area (Å²) in [5, 5.41) is 18.6. The summed E-state index contributed by atoms with van der Waals surface area (Å²) in [5.41, 5.74) is 5.77. The lowest BCUT2D eigenvalue weighted by molar-refractivity contribution is 0.0694. The molecule has 0 heterocycles. The third-order valence-corrected chi connectivity index (χ3v) is 2.63. The van der Waals surface area contributed by atoms with Crippen LogP contribution in [0.2, 0.25) is 0 Å². The van der Waals surface area contributed by atoms with Gasteiger partial charge in [-0.15, -0.1) is 19.0 Å². The van der Waals surface area contributed by atoms with Crippen LogP contribution in [0.25, 0.3) is 0 Å². The summed E-state index contributed by atoms with van der Waals surface area (Å²) in [6.45, 7) is 3.46. The van der Waals surface area contributed by atoms with E-state index in [0.29, 0.717) is 4.47 Å². The minimum absolute atomic E-state index is 0. The van der Waals surface area contributed by atoms with Crippen molar-refractivity contribution < 1.29 is 15.0 Å². The summed E-state index contributed by atoms with van der Waals surface area (Å²) in [7, 11) is 0. The van der Waals surface area contributed by atoms with Crippen LogP contribution in [0.4, 0.5) is 0 Å². The minimum Gasteiger partial charge on any atom is -0.506 e. The number of benzene rings is 1. The molecule has 1 atom stereocenters. The van der Waals surface area contributed by atoms with Gasteiger partial charge in [0.15, 0.2) is 0 Å². The van der Waals surface area contributed by atoms with Gasteiger partial charge in [-0.05, 0) is 28.1 Å². The molecule has 0 spiro atoms. The molecule has 16 heavy (non-hydrogen) atoms. The zero-order valence-electron chi connectivity index (χ0n) is 8.18. The molecule has 0 aliphatic rings. The Morgan fingerprint density at radius 3 is 2.56 bits per heavy atom. The van der Waals surface area contributed by atoms with Crippen LogP contribution < -0.4 is 5.73 Å². The monoisotopic (exact) mass is 307 g/mol. The second-order valence-electron chi connectivity index (χ2n) is 2.92. The molecule has 0 bridgehead atoms. The standard InChI is InChI=1S/C10H10BrNO3.ClH/c1-2-7(12)8-5(10(14)15)3-4-6(11)9(8)13;/h2-4,7,13H,1,12H2,(H,14,15);1H/t7-;/m1./s1. The van der Waals surface area contributed by atoms with Gasteiger partial charge in [0.2, 0.25) is 0 Å². The van der Waals surface area contributed by atoms with Gasteiger partial charge >= 0.3 is 5.97 Å². The normalized spacial score (nSPS) is 11.4. The molecule has 0 unspecified atom stereocenters. The second kappa shape index (κ2) is 5.89. The molecule has 0 amide bonds. The molecule has 0 saturated carbocycles. The van der Waals surface area contributed by atoms with Gasteiger partial charge in [0, 0.05) is 5.56 Å². The highest BCUT2D eigenvalue weighted by atomic mass is 79.9. The highest BCUT2D eigenvalue weighted by Crippen LogP contribution is 2.34. The maximum atomic E-state index is 10.9. The zero-order valence-corrected chi connectivity index (χ0v) is 10.6. The zero-order chi connectivity index (χ0) is 11.6. The first-order valence-electron chi connectivity index (χ1n) is 4.11. The molecule has 0 fully saturated rings. The second-order valence-corrected chi connectivity index (χ2v) is 3.78. The van der Waals surface area contributed by atoms with E-state index < -0.39 is 12.0 Å². The molecule has 88 valence electrons. The molecule has 6 heteroatoms. The summed E-state index contributed by atoms with van der Waals surface area (Å²) in [6, 6.07) is 2.12. The molecule has 0 aromatic heterocycles. The number of rotatable bonds is 3. The van der Waals surface area contributed by atoms with Gasteiger partial charge in [-0.25, -0.2) is 4.79 Å². The van der Waals surface area contributed by atoms with Gasteiger partial charge in [-0.2, -0.15) is 0 Å². The van der Waals surface area contributed by atoms with E-state index in [1.54, 1.807) is 0 Å². The van der Waals surface area contributed by atoms with E-state index in [0.717, 1.165) is 0 Å². The number of nitrogens with two attached hydrogens (primary N) is 1. The van der Waals surface area contributed by atoms with Gasteiger partial charge in [-0.1, -0.05) is 6.08 Å². The maximum absolute atomic E-state index is 10.9. The van der Waals surface area contributed by atoms with Crippen LogP contribution in [0.5, 0.6) is 5.75 Å². The Kier molecular flexibility index (Phi) is 5.50. The van der Waals surface area contributed by atoms with Crippen molar-refractivity contribution in [1.82, 2.24) is 0 Å². The van der Waals surface area contributed by atoms with E-state index in [4.69, 9.17) is 10.8 Å². The predicted octanol–water partition coefficient (Wildman–Crippen LogP) is 2.46. The lowest BCUT2D eigenvalue weighted by Gasteiger charge is -2.13. The average Bonchev–Trinajstić information content (AvgIpc) is 2.20. The highest BCUT2D eigenvalue weighted by molar-refractivity contribution is 9.10. The minimum atomic E-state index is -1.13. The van der Waals surface area contributed by atoms with Crippen molar-refractivity contribution in [3.8, 4) is 5.75 Å². The molecule has 1 aromatic rings.